The van der Waals surface area contributed by atoms with Crippen LogP contribution in [0.2, 0.25) is 0 Å². The quantitative estimate of drug-likeness (QED) is 0.0694. The van der Waals surface area contributed by atoms with E-state index in [1.165, 1.54) is 38.3 Å². The Morgan fingerprint density at radius 3 is 1.96 bits per heavy atom. The molecule has 0 saturated heterocycles. The van der Waals surface area contributed by atoms with E-state index in [1.807, 2.05) is 0 Å². The minimum Gasteiger partial charge on any atom is -0.494 e. The van der Waals surface area contributed by atoms with E-state index in [1.54, 1.807) is 84.9 Å². The molecular formula is C39H41FN2O6. The number of carbonyl (C=O) groups is 4. The van der Waals surface area contributed by atoms with Gasteiger partial charge >= 0.3 is 5.97 Å². The summed E-state index contributed by atoms with van der Waals surface area (Å²) in [7, 11) is 0. The van der Waals surface area contributed by atoms with E-state index in [0.717, 1.165) is 18.4 Å². The highest BCUT2D eigenvalue weighted by atomic mass is 19.1. The first-order chi connectivity index (χ1) is 23.2. The maximum Gasteiger partial charge on any atom is 0.343 e. The van der Waals surface area contributed by atoms with Crippen LogP contribution in [0.25, 0.3) is 0 Å². The third kappa shape index (κ3) is 11.5. The van der Waals surface area contributed by atoms with Gasteiger partial charge in [-0.3, -0.25) is 14.4 Å². The van der Waals surface area contributed by atoms with Crippen LogP contribution in [-0.4, -0.2) is 36.2 Å². The Kier molecular flexibility index (Phi) is 13.4. The number of ether oxygens (including phenoxy) is 2. The monoisotopic (exact) mass is 652 g/mol. The van der Waals surface area contributed by atoms with Gasteiger partial charge in [-0.2, -0.15) is 0 Å². The Labute approximate surface area is 280 Å². The first-order valence-electron chi connectivity index (χ1n) is 16.2. The van der Waals surface area contributed by atoms with Crippen molar-refractivity contribution in [3.8, 4) is 11.5 Å². The first-order valence-corrected chi connectivity index (χ1v) is 16.2. The number of hydrogen-bond donors (Lipinski definition) is 2. The third-order valence-electron chi connectivity index (χ3n) is 7.69. The van der Waals surface area contributed by atoms with Crippen LogP contribution in [0, 0.1) is 5.82 Å². The van der Waals surface area contributed by atoms with Crippen molar-refractivity contribution in [2.45, 2.75) is 64.8 Å². The zero-order valence-corrected chi connectivity index (χ0v) is 27.3. The molecule has 1 atom stereocenters. The van der Waals surface area contributed by atoms with Gasteiger partial charge in [0.2, 0.25) is 5.91 Å². The molecule has 4 aromatic rings. The molecule has 4 rings (SSSR count). The van der Waals surface area contributed by atoms with Crippen molar-refractivity contribution in [2.75, 3.05) is 11.9 Å². The molecule has 0 aliphatic heterocycles. The number of esters is 1. The van der Waals surface area contributed by atoms with Gasteiger partial charge in [-0.05, 0) is 104 Å². The van der Waals surface area contributed by atoms with Gasteiger partial charge in [-0.1, -0.05) is 56.9 Å². The normalized spacial score (nSPS) is 11.3. The Morgan fingerprint density at radius 1 is 0.708 bits per heavy atom. The van der Waals surface area contributed by atoms with Gasteiger partial charge in [-0.15, -0.1) is 0 Å². The van der Waals surface area contributed by atoms with Gasteiger partial charge in [0, 0.05) is 11.3 Å². The van der Waals surface area contributed by atoms with Crippen LogP contribution >= 0.6 is 0 Å². The van der Waals surface area contributed by atoms with Crippen molar-refractivity contribution in [2.24, 2.45) is 0 Å². The van der Waals surface area contributed by atoms with Crippen molar-refractivity contribution < 1.29 is 33.0 Å². The lowest BCUT2D eigenvalue weighted by Crippen LogP contribution is -2.41. The van der Waals surface area contributed by atoms with Crippen molar-refractivity contribution in [1.29, 1.82) is 0 Å². The largest absolute Gasteiger partial charge is 0.494 e. The fourth-order valence-corrected chi connectivity index (χ4v) is 4.91. The van der Waals surface area contributed by atoms with E-state index in [0.29, 0.717) is 40.5 Å². The second kappa shape index (κ2) is 18.1. The fraction of sp³-hybridized carbons (Fsp3) is 0.282. The van der Waals surface area contributed by atoms with E-state index in [4.69, 9.17) is 9.47 Å². The zero-order chi connectivity index (χ0) is 34.3. The molecule has 2 amide bonds. The molecule has 0 heterocycles. The first kappa shape index (κ1) is 35.5. The van der Waals surface area contributed by atoms with E-state index in [2.05, 4.69) is 17.6 Å². The summed E-state index contributed by atoms with van der Waals surface area (Å²) in [5.74, 6) is -0.743. The predicted molar refractivity (Wildman–Crippen MR) is 183 cm³/mol. The van der Waals surface area contributed by atoms with Crippen LogP contribution in [0.4, 0.5) is 10.1 Å². The number of hydrogen-bond acceptors (Lipinski definition) is 6. The molecule has 250 valence electrons. The molecule has 0 saturated carbocycles. The van der Waals surface area contributed by atoms with Gasteiger partial charge in [-0.25, -0.2) is 9.18 Å². The molecule has 9 heteroatoms. The topological polar surface area (TPSA) is 111 Å². The third-order valence-corrected chi connectivity index (χ3v) is 7.69. The van der Waals surface area contributed by atoms with Crippen molar-refractivity contribution >= 4 is 29.3 Å². The summed E-state index contributed by atoms with van der Waals surface area (Å²) in [4.78, 5) is 50.3. The molecule has 0 aliphatic carbocycles. The summed E-state index contributed by atoms with van der Waals surface area (Å²) in [6.45, 7) is 4.24. The number of rotatable bonds is 17. The minimum atomic E-state index is -0.780. The Hall–Kier alpha value is -5.31. The molecule has 0 bridgehead atoms. The second-order valence-electron chi connectivity index (χ2n) is 11.6. The van der Waals surface area contributed by atoms with E-state index < -0.39 is 17.9 Å². The SMILES string of the molecule is CCCCCCCOc1ccc(C(=O)Oc2ccc(C[C@H](NC(=O)c3ccc(NC(=O)Cc4ccc(F)cc4)cc3)C(C)=O)cc2)cc1. The average Bonchev–Trinajstić information content (AvgIpc) is 3.08. The number of carbonyl (C=O) groups excluding carboxylic acids is 4. The summed E-state index contributed by atoms with van der Waals surface area (Å²) < 4.78 is 24.4. The van der Waals surface area contributed by atoms with Crippen LogP contribution < -0.4 is 20.1 Å². The standard InChI is InChI=1S/C39H41FN2O6/c1-3-4-5-6-7-24-47-34-22-14-31(15-23-34)39(46)48-35-20-10-28(11-21-35)25-36(27(2)43)42-38(45)30-12-18-33(19-13-30)41-37(44)26-29-8-16-32(40)17-9-29/h8-23,36H,3-7,24-26H2,1-2H3,(H,41,44)(H,42,45)/t36-/m0/s1. The maximum absolute atomic E-state index is 13.1. The number of amides is 2. The lowest BCUT2D eigenvalue weighted by Gasteiger charge is -2.17. The molecule has 2 N–H and O–H groups in total. The molecule has 0 unspecified atom stereocenters. The molecule has 0 spiro atoms. The van der Waals surface area contributed by atoms with Crippen LogP contribution in [0.1, 0.15) is 77.8 Å². The average molecular weight is 653 g/mol. The number of nitrogens with one attached hydrogen (secondary N) is 2. The van der Waals surface area contributed by atoms with Gasteiger partial charge in [0.05, 0.1) is 24.6 Å². The zero-order valence-electron chi connectivity index (χ0n) is 27.3. The minimum absolute atomic E-state index is 0.0786. The predicted octanol–water partition coefficient (Wildman–Crippen LogP) is 7.51. The Bertz CT molecular complexity index is 1650. The van der Waals surface area contributed by atoms with Gasteiger partial charge < -0.3 is 20.1 Å². The van der Waals surface area contributed by atoms with E-state index in [9.17, 15) is 23.6 Å². The number of unbranched alkanes of at least 4 members (excludes halogenated alkanes) is 4. The lowest BCUT2D eigenvalue weighted by molar-refractivity contribution is -0.119. The van der Waals surface area contributed by atoms with Crippen LogP contribution in [0.15, 0.2) is 97.1 Å². The molecular weight excluding hydrogens is 611 g/mol. The Morgan fingerprint density at radius 2 is 1.31 bits per heavy atom. The summed E-state index contributed by atoms with van der Waals surface area (Å²) in [6.07, 6.45) is 6.11. The van der Waals surface area contributed by atoms with Crippen molar-refractivity contribution in [3.63, 3.8) is 0 Å². The van der Waals surface area contributed by atoms with Crippen LogP contribution in [-0.2, 0) is 22.4 Å². The summed E-state index contributed by atoms with van der Waals surface area (Å²) >= 11 is 0. The summed E-state index contributed by atoms with van der Waals surface area (Å²) in [6, 6.07) is 24.8. The van der Waals surface area contributed by atoms with E-state index >= 15 is 0 Å². The highest BCUT2D eigenvalue weighted by Gasteiger charge is 2.19. The lowest BCUT2D eigenvalue weighted by atomic mass is 10.0. The molecule has 0 radical (unpaired) electrons. The molecule has 4 aromatic carbocycles. The fourth-order valence-electron chi connectivity index (χ4n) is 4.91. The number of ketones is 1. The highest BCUT2D eigenvalue weighted by Crippen LogP contribution is 2.19. The number of benzene rings is 4. The number of halogens is 1. The molecule has 0 fully saturated rings. The Balaban J connectivity index is 1.24. The number of anilines is 1. The smallest absolute Gasteiger partial charge is 0.343 e. The number of Topliss-reactive ketones (excluding diaryl/α,β-unsaturated/α-hetero) is 1. The summed E-state index contributed by atoms with van der Waals surface area (Å²) in [5, 5.41) is 5.52. The molecule has 48 heavy (non-hydrogen) atoms. The van der Waals surface area contributed by atoms with Gasteiger partial charge in [0.15, 0.2) is 5.78 Å². The van der Waals surface area contributed by atoms with Gasteiger partial charge in [0.25, 0.3) is 5.91 Å². The molecule has 8 nitrogen and oxygen atoms in total. The molecule has 0 aliphatic rings. The van der Waals surface area contributed by atoms with Crippen LogP contribution in [0.3, 0.4) is 0 Å². The van der Waals surface area contributed by atoms with Crippen LogP contribution in [0.5, 0.6) is 11.5 Å². The second-order valence-corrected chi connectivity index (χ2v) is 11.6. The van der Waals surface area contributed by atoms with Crippen molar-refractivity contribution in [3.05, 3.63) is 125 Å². The summed E-state index contributed by atoms with van der Waals surface area (Å²) in [5.41, 5.74) is 2.66. The maximum atomic E-state index is 13.1. The van der Waals surface area contributed by atoms with Crippen molar-refractivity contribution in [1.82, 2.24) is 5.32 Å². The highest BCUT2D eigenvalue weighted by molar-refractivity contribution is 5.98. The molecule has 0 aromatic heterocycles. The van der Waals surface area contributed by atoms with Gasteiger partial charge in [0.1, 0.15) is 17.3 Å². The van der Waals surface area contributed by atoms with E-state index in [-0.39, 0.29) is 30.3 Å².